The van der Waals surface area contributed by atoms with Crippen molar-refractivity contribution < 1.29 is 4.79 Å². The van der Waals surface area contributed by atoms with E-state index in [1.54, 1.807) is 0 Å². The van der Waals surface area contributed by atoms with E-state index in [-0.39, 0.29) is 5.91 Å². The van der Waals surface area contributed by atoms with Gasteiger partial charge in [-0.15, -0.1) is 5.10 Å². The predicted octanol–water partition coefficient (Wildman–Crippen LogP) is 3.49. The molecule has 6 nitrogen and oxygen atoms in total. The van der Waals surface area contributed by atoms with Gasteiger partial charge >= 0.3 is 0 Å². The van der Waals surface area contributed by atoms with Crippen LogP contribution in [0.15, 0.2) is 30.3 Å². The van der Waals surface area contributed by atoms with Crippen LogP contribution in [-0.4, -0.2) is 44.9 Å². The number of nitrogens with one attached hydrogen (secondary N) is 1. The zero-order valence-corrected chi connectivity index (χ0v) is 16.8. The first-order valence-electron chi connectivity index (χ1n) is 10.7. The van der Waals surface area contributed by atoms with E-state index in [4.69, 9.17) is 0 Å². The lowest BCUT2D eigenvalue weighted by molar-refractivity contribution is 0.0607. The Kier molecular flexibility index (Phi) is 6.05. The van der Waals surface area contributed by atoms with Crippen LogP contribution in [0.3, 0.4) is 0 Å². The molecule has 1 aliphatic carbocycles. The highest BCUT2D eigenvalue weighted by Crippen LogP contribution is 2.27. The largest absolute Gasteiger partial charge is 0.330 e. The van der Waals surface area contributed by atoms with Crippen molar-refractivity contribution in [2.24, 2.45) is 0 Å². The van der Waals surface area contributed by atoms with E-state index in [0.717, 1.165) is 44.5 Å². The van der Waals surface area contributed by atoms with Gasteiger partial charge in [0.05, 0.1) is 11.7 Å². The summed E-state index contributed by atoms with van der Waals surface area (Å²) in [5.74, 6) is 0.0356. The Bertz CT molecular complexity index is 775. The van der Waals surface area contributed by atoms with Crippen LogP contribution in [0, 0.1) is 6.92 Å². The maximum atomic E-state index is 13.6. The molecule has 0 bridgehead atoms. The Labute approximate surface area is 167 Å². The molecule has 6 heteroatoms. The Morgan fingerprint density at radius 3 is 2.54 bits per heavy atom. The van der Waals surface area contributed by atoms with Crippen LogP contribution in [0.2, 0.25) is 0 Å². The molecule has 1 saturated heterocycles. The quantitative estimate of drug-likeness (QED) is 0.861. The lowest BCUT2D eigenvalue weighted by Crippen LogP contribution is -2.41. The highest BCUT2D eigenvalue weighted by Gasteiger charge is 2.31. The third kappa shape index (κ3) is 4.12. The second kappa shape index (κ2) is 8.86. The zero-order valence-electron chi connectivity index (χ0n) is 16.8. The van der Waals surface area contributed by atoms with Crippen molar-refractivity contribution in [3.8, 4) is 0 Å². The average molecular weight is 382 g/mol. The molecule has 1 aromatic carbocycles. The van der Waals surface area contributed by atoms with Crippen molar-refractivity contribution in [1.82, 2.24) is 25.2 Å². The van der Waals surface area contributed by atoms with E-state index in [2.05, 4.69) is 32.7 Å². The molecule has 4 rings (SSSR count). The lowest BCUT2D eigenvalue weighted by atomic mass is 9.93. The van der Waals surface area contributed by atoms with Gasteiger partial charge in [-0.3, -0.25) is 4.79 Å². The second-order valence-corrected chi connectivity index (χ2v) is 8.16. The summed E-state index contributed by atoms with van der Waals surface area (Å²) in [4.78, 5) is 15.6. The summed E-state index contributed by atoms with van der Waals surface area (Å²) in [5.41, 5.74) is 2.61. The monoisotopic (exact) mass is 381 g/mol. The van der Waals surface area contributed by atoms with E-state index in [0.29, 0.717) is 24.3 Å². The van der Waals surface area contributed by atoms with Gasteiger partial charge in [0.1, 0.15) is 0 Å². The molecule has 0 spiro atoms. The number of piperidine rings is 1. The van der Waals surface area contributed by atoms with Crippen LogP contribution in [-0.2, 0) is 6.54 Å². The van der Waals surface area contributed by atoms with Gasteiger partial charge in [0.15, 0.2) is 5.69 Å². The molecule has 0 radical (unpaired) electrons. The summed E-state index contributed by atoms with van der Waals surface area (Å²) in [6.07, 6.45) is 7.91. The van der Waals surface area contributed by atoms with Crippen LogP contribution < -0.4 is 5.32 Å². The van der Waals surface area contributed by atoms with Gasteiger partial charge in [0.2, 0.25) is 0 Å². The molecule has 150 valence electrons. The summed E-state index contributed by atoms with van der Waals surface area (Å²) < 4.78 is 1.98. The molecule has 0 unspecified atom stereocenters. The first kappa shape index (κ1) is 19.1. The summed E-state index contributed by atoms with van der Waals surface area (Å²) >= 11 is 0. The molecule has 2 heterocycles. The molecular formula is C22H31N5O. The lowest BCUT2D eigenvalue weighted by Gasteiger charge is -2.34. The third-order valence-corrected chi connectivity index (χ3v) is 6.26. The molecule has 1 amide bonds. The number of nitrogens with zero attached hydrogens (tertiary/aromatic N) is 4. The third-order valence-electron chi connectivity index (χ3n) is 6.26. The van der Waals surface area contributed by atoms with Crippen LogP contribution in [0.4, 0.5) is 0 Å². The Morgan fingerprint density at radius 1 is 1.11 bits per heavy atom. The van der Waals surface area contributed by atoms with E-state index in [1.807, 2.05) is 29.8 Å². The fraction of sp³-hybridized carbons (Fsp3) is 0.591. The predicted molar refractivity (Wildman–Crippen MR) is 109 cm³/mol. The maximum Gasteiger partial charge on any atom is 0.276 e. The van der Waals surface area contributed by atoms with Crippen LogP contribution >= 0.6 is 0 Å². The number of benzene rings is 1. The fourth-order valence-electron chi connectivity index (χ4n) is 4.61. The topological polar surface area (TPSA) is 63.1 Å². The second-order valence-electron chi connectivity index (χ2n) is 8.16. The molecule has 2 aromatic rings. The van der Waals surface area contributed by atoms with Crippen molar-refractivity contribution in [2.45, 2.75) is 70.5 Å². The molecule has 0 atom stereocenters. The maximum absolute atomic E-state index is 13.6. The fourth-order valence-corrected chi connectivity index (χ4v) is 4.61. The Morgan fingerprint density at radius 2 is 1.82 bits per heavy atom. The minimum atomic E-state index is 0.0356. The molecule has 2 aliphatic rings. The SMILES string of the molecule is Cc1c(C(=O)N(Cc2ccccc2)C2CCCCC2)nnn1C1CCNCC1. The van der Waals surface area contributed by atoms with Gasteiger partial charge in [-0.1, -0.05) is 54.8 Å². The number of hydrogen-bond acceptors (Lipinski definition) is 4. The van der Waals surface area contributed by atoms with E-state index >= 15 is 0 Å². The van der Waals surface area contributed by atoms with Crippen molar-refractivity contribution in [3.05, 3.63) is 47.3 Å². The Balaban J connectivity index is 1.58. The van der Waals surface area contributed by atoms with Crippen molar-refractivity contribution in [1.29, 1.82) is 0 Å². The van der Waals surface area contributed by atoms with Gasteiger partial charge in [-0.25, -0.2) is 4.68 Å². The van der Waals surface area contributed by atoms with Crippen LogP contribution in [0.5, 0.6) is 0 Å². The first-order valence-corrected chi connectivity index (χ1v) is 10.7. The number of amides is 1. The van der Waals surface area contributed by atoms with Crippen molar-refractivity contribution in [2.75, 3.05) is 13.1 Å². The van der Waals surface area contributed by atoms with Crippen LogP contribution in [0.25, 0.3) is 0 Å². The summed E-state index contributed by atoms with van der Waals surface area (Å²) in [7, 11) is 0. The van der Waals surface area contributed by atoms with Gasteiger partial charge in [0.25, 0.3) is 5.91 Å². The Hall–Kier alpha value is -2.21. The van der Waals surface area contributed by atoms with Gasteiger partial charge in [-0.2, -0.15) is 0 Å². The zero-order chi connectivity index (χ0) is 19.3. The number of aromatic nitrogens is 3. The number of rotatable bonds is 5. The molecule has 1 aliphatic heterocycles. The van der Waals surface area contributed by atoms with Crippen LogP contribution in [0.1, 0.15) is 72.7 Å². The van der Waals surface area contributed by atoms with E-state index < -0.39 is 0 Å². The number of carbonyl (C=O) groups excluding carboxylic acids is 1. The van der Waals surface area contributed by atoms with Gasteiger partial charge in [0, 0.05) is 12.6 Å². The molecular weight excluding hydrogens is 350 g/mol. The number of carbonyl (C=O) groups is 1. The summed E-state index contributed by atoms with van der Waals surface area (Å²) in [6, 6.07) is 10.9. The number of hydrogen-bond donors (Lipinski definition) is 1. The molecule has 2 fully saturated rings. The highest BCUT2D eigenvalue weighted by molar-refractivity contribution is 5.93. The minimum Gasteiger partial charge on any atom is -0.330 e. The van der Waals surface area contributed by atoms with Gasteiger partial charge in [-0.05, 0) is 51.3 Å². The van der Waals surface area contributed by atoms with E-state index in [1.165, 1.54) is 24.8 Å². The van der Waals surface area contributed by atoms with Gasteiger partial charge < -0.3 is 10.2 Å². The molecule has 1 N–H and O–H groups in total. The summed E-state index contributed by atoms with van der Waals surface area (Å²) in [5, 5.41) is 12.1. The van der Waals surface area contributed by atoms with E-state index in [9.17, 15) is 4.79 Å². The first-order chi connectivity index (χ1) is 13.7. The molecule has 1 saturated carbocycles. The smallest absolute Gasteiger partial charge is 0.276 e. The van der Waals surface area contributed by atoms with Crippen molar-refractivity contribution in [3.63, 3.8) is 0 Å². The molecule has 1 aromatic heterocycles. The normalized spacial score (nSPS) is 18.9. The standard InChI is InChI=1S/C22H31N5O/c1-17-21(24-25-27(17)20-12-14-23-15-13-20)22(28)26(19-10-6-3-7-11-19)16-18-8-4-2-5-9-18/h2,4-5,8-9,19-20,23H,3,6-7,10-16H2,1H3. The van der Waals surface area contributed by atoms with Crippen molar-refractivity contribution >= 4 is 5.91 Å². The highest BCUT2D eigenvalue weighted by atomic mass is 16.2. The summed E-state index contributed by atoms with van der Waals surface area (Å²) in [6.45, 7) is 4.63. The molecule has 28 heavy (non-hydrogen) atoms. The average Bonchev–Trinajstić information content (AvgIpc) is 3.15. The minimum absolute atomic E-state index is 0.0356.